The van der Waals surface area contributed by atoms with Crippen LogP contribution in [0.2, 0.25) is 0 Å². The number of aryl methyl sites for hydroxylation is 2. The molecule has 3 atom stereocenters. The van der Waals surface area contributed by atoms with Gasteiger partial charge in [0, 0.05) is 69.9 Å². The lowest BCUT2D eigenvalue weighted by molar-refractivity contribution is -0.134. The third-order valence-electron chi connectivity index (χ3n) is 12.0. The van der Waals surface area contributed by atoms with Crippen LogP contribution in [-0.2, 0) is 16.6 Å². The molecule has 0 aliphatic carbocycles. The number of piperidine rings is 4. The average molecular weight is 695 g/mol. The summed E-state index contributed by atoms with van der Waals surface area (Å²) in [6.07, 6.45) is 9.60. The maximum Gasteiger partial charge on any atom is 0.271 e. The molecule has 4 fully saturated rings. The average Bonchev–Trinajstić information content (AvgIpc) is 3.12. The highest BCUT2D eigenvalue weighted by atomic mass is 16.2. The number of pyridine rings is 1. The summed E-state index contributed by atoms with van der Waals surface area (Å²) in [6.45, 7) is 9.11. The summed E-state index contributed by atoms with van der Waals surface area (Å²) in [5.74, 6) is -0.407. The van der Waals surface area contributed by atoms with E-state index in [0.29, 0.717) is 24.3 Å². The van der Waals surface area contributed by atoms with Crippen LogP contribution < -0.4 is 21.1 Å². The Balaban J connectivity index is 0.911. The lowest BCUT2D eigenvalue weighted by Crippen LogP contribution is -2.48. The van der Waals surface area contributed by atoms with Crippen molar-refractivity contribution in [1.82, 2.24) is 29.9 Å². The molecular weight excluding hydrogens is 644 g/mol. The molecule has 6 heterocycles. The molecule has 4 aliphatic rings. The summed E-state index contributed by atoms with van der Waals surface area (Å²) in [6, 6.07) is 10.5. The molecule has 12 heteroatoms. The number of carbonyl (C=O) groups excluding carboxylic acids is 3. The van der Waals surface area contributed by atoms with E-state index in [1.165, 1.54) is 10.2 Å². The van der Waals surface area contributed by atoms with Crippen LogP contribution in [0.3, 0.4) is 0 Å². The second kappa shape index (κ2) is 14.2. The van der Waals surface area contributed by atoms with Crippen LogP contribution in [-0.4, -0.2) is 94.6 Å². The highest BCUT2D eigenvalue weighted by Crippen LogP contribution is 2.43. The van der Waals surface area contributed by atoms with E-state index in [2.05, 4.69) is 50.8 Å². The molecule has 51 heavy (non-hydrogen) atoms. The van der Waals surface area contributed by atoms with Gasteiger partial charge in [0.25, 0.3) is 11.5 Å². The summed E-state index contributed by atoms with van der Waals surface area (Å²) in [4.78, 5) is 61.4. The van der Waals surface area contributed by atoms with Crippen molar-refractivity contribution in [2.75, 3.05) is 56.5 Å². The fraction of sp³-hybridized carbons (Fsp3) is 0.538. The van der Waals surface area contributed by atoms with Gasteiger partial charge in [-0.3, -0.25) is 29.5 Å². The lowest BCUT2D eigenvalue weighted by Gasteiger charge is -2.47. The molecule has 1 aromatic carbocycles. The van der Waals surface area contributed by atoms with Gasteiger partial charge < -0.3 is 20.0 Å². The molecule has 1 unspecified atom stereocenters. The Morgan fingerprint density at radius 3 is 2.33 bits per heavy atom. The standard InChI is InChI=1S/C39H50N8O4/c1-25-19-31(21-40-35(25)32-9-10-34(48)43-36(32)49)46-15-11-39(12-16-46)13-17-47(18-14-39)38(51)28-7-5-27(6-8-28)29-20-30(24-44(3)23-29)42-33-22-41-45(4)37(50)26(33)2/h5-8,19,21-22,29-30,32,42H,9-18,20,23-24H2,1-4H3,(H,43,48,49)/t29-,30+,32?/m1/s1. The Labute approximate surface area is 299 Å². The Morgan fingerprint density at radius 2 is 1.65 bits per heavy atom. The van der Waals surface area contributed by atoms with Gasteiger partial charge in [0.05, 0.1) is 35.4 Å². The highest BCUT2D eigenvalue weighted by molar-refractivity contribution is 6.00. The molecule has 270 valence electrons. The van der Waals surface area contributed by atoms with Crippen molar-refractivity contribution in [2.24, 2.45) is 12.5 Å². The largest absolute Gasteiger partial charge is 0.379 e. The van der Waals surface area contributed by atoms with E-state index in [-0.39, 0.29) is 40.7 Å². The van der Waals surface area contributed by atoms with Gasteiger partial charge in [-0.1, -0.05) is 12.1 Å². The van der Waals surface area contributed by atoms with E-state index in [9.17, 15) is 19.2 Å². The maximum atomic E-state index is 13.6. The lowest BCUT2D eigenvalue weighted by atomic mass is 9.71. The second-order valence-electron chi connectivity index (χ2n) is 15.4. The normalized spacial score (nSPS) is 24.0. The number of hydrogen-bond donors (Lipinski definition) is 2. The zero-order valence-electron chi connectivity index (χ0n) is 30.3. The van der Waals surface area contributed by atoms with Gasteiger partial charge in [0.2, 0.25) is 11.8 Å². The number of aromatic nitrogens is 3. The van der Waals surface area contributed by atoms with Gasteiger partial charge >= 0.3 is 0 Å². The van der Waals surface area contributed by atoms with Crippen LogP contribution in [0, 0.1) is 19.3 Å². The summed E-state index contributed by atoms with van der Waals surface area (Å²) < 4.78 is 1.36. The molecule has 2 N–H and O–H groups in total. The summed E-state index contributed by atoms with van der Waals surface area (Å²) in [7, 11) is 3.79. The zero-order chi connectivity index (χ0) is 35.9. The van der Waals surface area contributed by atoms with Gasteiger partial charge in [-0.05, 0) is 100 Å². The maximum absolute atomic E-state index is 13.6. The second-order valence-corrected chi connectivity index (χ2v) is 15.4. The van der Waals surface area contributed by atoms with Crippen LogP contribution in [0.5, 0.6) is 0 Å². The first-order valence-electron chi connectivity index (χ1n) is 18.4. The minimum Gasteiger partial charge on any atom is -0.379 e. The molecule has 0 bridgehead atoms. The van der Waals surface area contributed by atoms with E-state index in [0.717, 1.165) is 99.6 Å². The first-order chi connectivity index (χ1) is 24.5. The first kappa shape index (κ1) is 34.9. The molecule has 4 aliphatic heterocycles. The molecule has 1 spiro atoms. The Kier molecular flexibility index (Phi) is 9.71. The van der Waals surface area contributed by atoms with Crippen LogP contribution in [0.4, 0.5) is 11.4 Å². The predicted octanol–water partition coefficient (Wildman–Crippen LogP) is 3.73. The quantitative estimate of drug-likeness (QED) is 0.371. The Morgan fingerprint density at radius 1 is 0.941 bits per heavy atom. The number of likely N-dealkylation sites (N-methyl/N-ethyl adjacent to an activating group) is 1. The van der Waals surface area contributed by atoms with Gasteiger partial charge in [-0.25, -0.2) is 4.68 Å². The monoisotopic (exact) mass is 694 g/mol. The van der Waals surface area contributed by atoms with Crippen LogP contribution >= 0.6 is 0 Å². The number of rotatable bonds is 6. The topological polar surface area (TPSA) is 133 Å². The minimum absolute atomic E-state index is 0.0872. The van der Waals surface area contributed by atoms with Crippen molar-refractivity contribution in [3.63, 3.8) is 0 Å². The predicted molar refractivity (Wildman–Crippen MR) is 196 cm³/mol. The molecule has 3 amide bonds. The molecule has 2 aromatic heterocycles. The number of carbonyl (C=O) groups is 3. The van der Waals surface area contributed by atoms with Crippen molar-refractivity contribution < 1.29 is 14.4 Å². The number of likely N-dealkylation sites (tertiary alicyclic amines) is 2. The number of nitrogens with one attached hydrogen (secondary N) is 2. The molecule has 4 saturated heterocycles. The van der Waals surface area contributed by atoms with Crippen molar-refractivity contribution in [3.05, 3.63) is 81.0 Å². The van der Waals surface area contributed by atoms with Gasteiger partial charge in [0.1, 0.15) is 0 Å². The fourth-order valence-electron chi connectivity index (χ4n) is 8.75. The van der Waals surface area contributed by atoms with Crippen molar-refractivity contribution in [2.45, 2.75) is 76.7 Å². The van der Waals surface area contributed by atoms with E-state index >= 15 is 0 Å². The van der Waals surface area contributed by atoms with E-state index < -0.39 is 0 Å². The van der Waals surface area contributed by atoms with E-state index in [1.54, 1.807) is 13.2 Å². The Hall–Kier alpha value is -4.58. The van der Waals surface area contributed by atoms with Gasteiger partial charge in [-0.15, -0.1) is 0 Å². The molecule has 7 rings (SSSR count). The number of hydrogen-bond acceptors (Lipinski definition) is 9. The van der Waals surface area contributed by atoms with Crippen molar-refractivity contribution >= 4 is 29.1 Å². The van der Waals surface area contributed by atoms with Crippen LogP contribution in [0.1, 0.15) is 89.5 Å². The van der Waals surface area contributed by atoms with Crippen LogP contribution in [0.25, 0.3) is 0 Å². The van der Waals surface area contributed by atoms with Crippen LogP contribution in [0.15, 0.2) is 47.5 Å². The van der Waals surface area contributed by atoms with Crippen molar-refractivity contribution in [1.29, 1.82) is 0 Å². The number of nitrogens with zero attached hydrogens (tertiary/aromatic N) is 6. The third-order valence-corrected chi connectivity index (χ3v) is 12.0. The molecule has 0 radical (unpaired) electrons. The number of amides is 3. The molecular formula is C39H50N8O4. The summed E-state index contributed by atoms with van der Waals surface area (Å²) in [5.41, 5.74) is 6.43. The smallest absolute Gasteiger partial charge is 0.271 e. The molecule has 12 nitrogen and oxygen atoms in total. The van der Waals surface area contributed by atoms with Gasteiger partial charge in [-0.2, -0.15) is 5.10 Å². The highest BCUT2D eigenvalue weighted by Gasteiger charge is 2.39. The van der Waals surface area contributed by atoms with E-state index in [4.69, 9.17) is 4.98 Å². The van der Waals surface area contributed by atoms with E-state index in [1.807, 2.05) is 37.1 Å². The van der Waals surface area contributed by atoms with Crippen molar-refractivity contribution in [3.8, 4) is 0 Å². The SMILES string of the molecule is Cc1cc(N2CCC3(CCN(C(=O)c4ccc([C@@H]5C[C@H](Nc6cnn(C)c(=O)c6C)CN(C)C5)cc4)CC3)CC2)cnc1C1CCC(=O)NC1=O. The van der Waals surface area contributed by atoms with Gasteiger partial charge in [0.15, 0.2) is 0 Å². The first-order valence-corrected chi connectivity index (χ1v) is 18.4. The molecule has 3 aromatic rings. The number of benzene rings is 1. The minimum atomic E-state index is -0.371. The summed E-state index contributed by atoms with van der Waals surface area (Å²) >= 11 is 0. The number of anilines is 2. The summed E-state index contributed by atoms with van der Waals surface area (Å²) in [5, 5.41) is 10.2. The number of imide groups is 1. The fourth-order valence-corrected chi connectivity index (χ4v) is 8.75. The third kappa shape index (κ3) is 7.28. The Bertz CT molecular complexity index is 1860. The molecule has 0 saturated carbocycles. The zero-order valence-corrected chi connectivity index (χ0v) is 30.3.